The molecule has 0 unspecified atom stereocenters. The number of rotatable bonds is 6. The number of benzene rings is 1. The Bertz CT molecular complexity index is 1210. The standard InChI is InChI=1S/C24H29ClN4O5S/c1-17-3-5-19(6-4-17)35(32,33)26-15-22(30)29-12-9-24(16-29)7-10-28(11-8-24)23(31)18-13-20(25)27-21(14-18)34-2/h3-6,13-14,26H,7-12,15-16H2,1-2H3. The van der Waals surface area contributed by atoms with Gasteiger partial charge in [0.2, 0.25) is 21.8 Å². The molecule has 2 aromatic rings. The summed E-state index contributed by atoms with van der Waals surface area (Å²) in [6.07, 6.45) is 2.38. The van der Waals surface area contributed by atoms with E-state index in [2.05, 4.69) is 9.71 Å². The van der Waals surface area contributed by atoms with Gasteiger partial charge in [-0.15, -0.1) is 0 Å². The number of hydrogen-bond donors (Lipinski definition) is 1. The maximum absolute atomic E-state index is 13.0. The van der Waals surface area contributed by atoms with E-state index in [4.69, 9.17) is 16.3 Å². The maximum atomic E-state index is 13.0. The summed E-state index contributed by atoms with van der Waals surface area (Å²) < 4.78 is 32.5. The van der Waals surface area contributed by atoms with Gasteiger partial charge in [0.05, 0.1) is 18.6 Å². The fourth-order valence-corrected chi connectivity index (χ4v) is 5.87. The second-order valence-corrected chi connectivity index (χ2v) is 11.4. The number of hydrogen-bond acceptors (Lipinski definition) is 6. The molecule has 0 saturated carbocycles. The van der Waals surface area contributed by atoms with Crippen molar-refractivity contribution in [3.05, 3.63) is 52.7 Å². The number of carbonyl (C=O) groups excluding carboxylic acids is 2. The van der Waals surface area contributed by atoms with Gasteiger partial charge < -0.3 is 14.5 Å². The average molecular weight is 521 g/mol. The normalized spacial score (nSPS) is 17.6. The molecule has 1 N–H and O–H groups in total. The Morgan fingerprint density at radius 2 is 1.71 bits per heavy atom. The van der Waals surface area contributed by atoms with Crippen LogP contribution < -0.4 is 9.46 Å². The molecule has 0 aliphatic carbocycles. The third-order valence-corrected chi connectivity index (χ3v) is 8.48. The van der Waals surface area contributed by atoms with Crippen molar-refractivity contribution in [3.8, 4) is 5.88 Å². The first-order valence-electron chi connectivity index (χ1n) is 11.5. The second kappa shape index (κ2) is 10.1. The predicted molar refractivity (Wildman–Crippen MR) is 131 cm³/mol. The fourth-order valence-electron chi connectivity index (χ4n) is 4.69. The molecule has 188 valence electrons. The summed E-state index contributed by atoms with van der Waals surface area (Å²) >= 11 is 6.01. The highest BCUT2D eigenvalue weighted by molar-refractivity contribution is 7.89. The number of likely N-dealkylation sites (tertiary alicyclic amines) is 2. The SMILES string of the molecule is COc1cc(C(=O)N2CCC3(CCN(C(=O)CNS(=O)(=O)c4ccc(C)cc4)C3)CC2)cc(Cl)n1. The van der Waals surface area contributed by atoms with E-state index in [1.54, 1.807) is 28.0 Å². The molecule has 2 amide bonds. The van der Waals surface area contributed by atoms with Gasteiger partial charge in [-0.2, -0.15) is 0 Å². The lowest BCUT2D eigenvalue weighted by Gasteiger charge is -2.39. The van der Waals surface area contributed by atoms with Crippen LogP contribution in [0.5, 0.6) is 5.88 Å². The minimum atomic E-state index is -3.75. The summed E-state index contributed by atoms with van der Waals surface area (Å²) in [6, 6.07) is 9.60. The third kappa shape index (κ3) is 5.76. The summed E-state index contributed by atoms with van der Waals surface area (Å²) in [6.45, 7) is 3.89. The third-order valence-electron chi connectivity index (χ3n) is 6.87. The molecule has 2 saturated heterocycles. The van der Waals surface area contributed by atoms with E-state index in [-0.39, 0.29) is 39.7 Å². The number of piperidine rings is 1. The lowest BCUT2D eigenvalue weighted by atomic mass is 9.77. The van der Waals surface area contributed by atoms with Crippen LogP contribution in [0, 0.1) is 12.3 Å². The molecular formula is C24H29ClN4O5S. The number of nitrogens with zero attached hydrogens (tertiary/aromatic N) is 3. The van der Waals surface area contributed by atoms with Gasteiger partial charge in [-0.25, -0.2) is 18.1 Å². The highest BCUT2D eigenvalue weighted by Crippen LogP contribution is 2.40. The van der Waals surface area contributed by atoms with Crippen LogP contribution >= 0.6 is 11.6 Å². The van der Waals surface area contributed by atoms with Crippen LogP contribution in [0.25, 0.3) is 0 Å². The van der Waals surface area contributed by atoms with Gasteiger partial charge in [-0.05, 0) is 49.8 Å². The monoisotopic (exact) mass is 520 g/mol. The van der Waals surface area contributed by atoms with E-state index >= 15 is 0 Å². The highest BCUT2D eigenvalue weighted by atomic mass is 35.5. The first-order chi connectivity index (χ1) is 16.6. The second-order valence-electron chi connectivity index (χ2n) is 9.22. The molecule has 3 heterocycles. The summed E-state index contributed by atoms with van der Waals surface area (Å²) in [5, 5.41) is 0.198. The maximum Gasteiger partial charge on any atom is 0.254 e. The zero-order valence-corrected chi connectivity index (χ0v) is 21.4. The van der Waals surface area contributed by atoms with Crippen LogP contribution in [0.15, 0.2) is 41.3 Å². The summed E-state index contributed by atoms with van der Waals surface area (Å²) in [5.41, 5.74) is 1.33. The predicted octanol–water partition coefficient (Wildman–Crippen LogP) is 2.49. The molecule has 2 aliphatic rings. The van der Waals surface area contributed by atoms with Gasteiger partial charge in [-0.3, -0.25) is 9.59 Å². The van der Waals surface area contributed by atoms with E-state index in [9.17, 15) is 18.0 Å². The molecule has 0 bridgehead atoms. The van der Waals surface area contributed by atoms with Crippen LogP contribution in [-0.4, -0.2) is 74.8 Å². The van der Waals surface area contributed by atoms with Gasteiger partial charge in [0.15, 0.2) is 0 Å². The molecule has 1 spiro atoms. The Morgan fingerprint density at radius 1 is 1.09 bits per heavy atom. The van der Waals surface area contributed by atoms with Gasteiger partial charge in [0, 0.05) is 37.8 Å². The van der Waals surface area contributed by atoms with E-state index in [1.807, 2.05) is 6.92 Å². The minimum absolute atomic E-state index is 0.0597. The molecular weight excluding hydrogens is 492 g/mol. The molecule has 0 atom stereocenters. The number of halogens is 1. The summed E-state index contributed by atoms with van der Waals surface area (Å²) in [7, 11) is -2.28. The van der Waals surface area contributed by atoms with Crippen LogP contribution in [-0.2, 0) is 14.8 Å². The van der Waals surface area contributed by atoms with Gasteiger partial charge in [0.1, 0.15) is 5.15 Å². The highest BCUT2D eigenvalue weighted by Gasteiger charge is 2.42. The smallest absolute Gasteiger partial charge is 0.254 e. The van der Waals surface area contributed by atoms with E-state index < -0.39 is 10.0 Å². The molecule has 9 nitrogen and oxygen atoms in total. The van der Waals surface area contributed by atoms with Crippen LogP contribution in [0.1, 0.15) is 35.2 Å². The van der Waals surface area contributed by atoms with E-state index in [0.29, 0.717) is 31.7 Å². The van der Waals surface area contributed by atoms with Crippen molar-refractivity contribution in [1.29, 1.82) is 0 Å². The first-order valence-corrected chi connectivity index (χ1v) is 13.3. The van der Waals surface area contributed by atoms with Crippen LogP contribution in [0.2, 0.25) is 5.15 Å². The van der Waals surface area contributed by atoms with Crippen molar-refractivity contribution in [2.45, 2.75) is 31.1 Å². The molecule has 2 aliphatic heterocycles. The Hall–Kier alpha value is -2.69. The summed E-state index contributed by atoms with van der Waals surface area (Å²) in [4.78, 5) is 33.4. The number of amides is 2. The lowest BCUT2D eigenvalue weighted by molar-refractivity contribution is -0.129. The van der Waals surface area contributed by atoms with Crippen molar-refractivity contribution in [2.24, 2.45) is 5.41 Å². The number of nitrogens with one attached hydrogen (secondary N) is 1. The molecule has 1 aromatic heterocycles. The largest absolute Gasteiger partial charge is 0.481 e. The number of aromatic nitrogens is 1. The number of carbonyl (C=O) groups is 2. The van der Waals surface area contributed by atoms with Crippen molar-refractivity contribution >= 4 is 33.4 Å². The Kier molecular flexibility index (Phi) is 7.35. The molecule has 1 aromatic carbocycles. The van der Waals surface area contributed by atoms with Gasteiger partial charge in [-0.1, -0.05) is 29.3 Å². The minimum Gasteiger partial charge on any atom is -0.481 e. The first kappa shape index (κ1) is 25.4. The van der Waals surface area contributed by atoms with Gasteiger partial charge in [0.25, 0.3) is 5.91 Å². The number of ether oxygens (including phenoxy) is 1. The van der Waals surface area contributed by atoms with Crippen molar-refractivity contribution in [1.82, 2.24) is 19.5 Å². The molecule has 2 fully saturated rings. The quantitative estimate of drug-likeness (QED) is 0.586. The van der Waals surface area contributed by atoms with Crippen molar-refractivity contribution < 1.29 is 22.7 Å². The lowest BCUT2D eigenvalue weighted by Crippen LogP contribution is -2.45. The van der Waals surface area contributed by atoms with Crippen LogP contribution in [0.4, 0.5) is 0 Å². The number of pyridine rings is 1. The molecule has 35 heavy (non-hydrogen) atoms. The zero-order valence-electron chi connectivity index (χ0n) is 19.8. The number of aryl methyl sites for hydroxylation is 1. The van der Waals surface area contributed by atoms with Crippen molar-refractivity contribution in [3.63, 3.8) is 0 Å². The average Bonchev–Trinajstić information content (AvgIpc) is 3.26. The van der Waals surface area contributed by atoms with E-state index in [1.165, 1.54) is 25.3 Å². The van der Waals surface area contributed by atoms with Gasteiger partial charge >= 0.3 is 0 Å². The molecule has 4 rings (SSSR count). The number of methoxy groups -OCH3 is 1. The Labute approximate surface area is 210 Å². The topological polar surface area (TPSA) is 109 Å². The Balaban J connectivity index is 1.31. The molecule has 0 radical (unpaired) electrons. The Morgan fingerprint density at radius 3 is 2.34 bits per heavy atom. The zero-order chi connectivity index (χ0) is 25.2. The fraction of sp³-hybridized carbons (Fsp3) is 0.458. The van der Waals surface area contributed by atoms with E-state index in [0.717, 1.165) is 24.8 Å². The van der Waals surface area contributed by atoms with Crippen molar-refractivity contribution in [2.75, 3.05) is 39.8 Å². The molecule has 11 heteroatoms. The summed E-state index contributed by atoms with van der Waals surface area (Å²) in [5.74, 6) is -0.0780. The van der Waals surface area contributed by atoms with Crippen LogP contribution in [0.3, 0.4) is 0 Å². The number of sulfonamides is 1.